The molecule has 0 unspecified atom stereocenters. The second-order valence-electron chi connectivity index (χ2n) is 34.0. The number of halogens is 3. The zero-order valence-electron chi connectivity index (χ0n) is 88.8. The summed E-state index contributed by atoms with van der Waals surface area (Å²) in [4.78, 5) is 106. The maximum Gasteiger partial charge on any atom is 0.284 e. The Bertz CT molecular complexity index is 5650. The topological polar surface area (TPSA) is 455 Å². The van der Waals surface area contributed by atoms with Crippen LogP contribution >= 0.6 is 39.1 Å². The van der Waals surface area contributed by atoms with Crippen molar-refractivity contribution in [1.82, 2.24) is 34.9 Å². The number of hydrogen-bond acceptors (Lipinski definition) is 36. The number of nitrogens with one attached hydrogen (secondary N) is 2. The second-order valence-corrected chi connectivity index (χ2v) is 35.6. The Kier molecular flexibility index (Phi) is 61.2. The number of aromatic nitrogens is 2. The first kappa shape index (κ1) is 127. The van der Waals surface area contributed by atoms with E-state index in [1.165, 1.54) is 98.4 Å². The molecule has 0 spiro atoms. The Balaban J connectivity index is 0.000000264. The average molecular weight is 2200 g/mol. The molecular weight excluding hydrogens is 2050 g/mol. The van der Waals surface area contributed by atoms with Crippen LogP contribution in [-0.4, -0.2) is 332 Å². The largest absolute Gasteiger partial charge is 0.504 e. The number of fused-ring (bicyclic) bond motifs is 2. The summed E-state index contributed by atoms with van der Waals surface area (Å²) in [5.74, 6) is 6.50. The number of nitro benzene ring substituents is 2. The van der Waals surface area contributed by atoms with Gasteiger partial charge in [-0.15, -0.1) is 11.6 Å². The molecule has 0 saturated carbocycles. The molecule has 0 radical (unpaired) electrons. The summed E-state index contributed by atoms with van der Waals surface area (Å²) >= 11 is 14.7. The number of nitrogens with two attached hydrogens (primary N) is 1. The van der Waals surface area contributed by atoms with Gasteiger partial charge in [-0.3, -0.25) is 73.6 Å². The van der Waals surface area contributed by atoms with E-state index in [4.69, 9.17) is 114 Å². The predicted molar refractivity (Wildman–Crippen MR) is 582 cm³/mol. The number of H-pyrrole nitrogens is 1. The molecule has 14 rings (SSSR count). The summed E-state index contributed by atoms with van der Waals surface area (Å²) in [7, 11) is 10.6. The van der Waals surface area contributed by atoms with E-state index in [9.17, 15) is 54.1 Å². The van der Waals surface area contributed by atoms with E-state index in [1.807, 2.05) is 25.1 Å². The quantitative estimate of drug-likeness (QED) is 0.00688. The Morgan fingerprint density at radius 1 is 0.420 bits per heavy atom. The number of ketones is 5. The van der Waals surface area contributed by atoms with E-state index < -0.39 is 9.85 Å². The molecule has 0 bridgehead atoms. The Morgan fingerprint density at radius 3 is 1.12 bits per heavy atom. The van der Waals surface area contributed by atoms with Crippen LogP contribution in [0.5, 0.6) is 80.5 Å². The third kappa shape index (κ3) is 45.2. The van der Waals surface area contributed by atoms with Gasteiger partial charge >= 0.3 is 0 Å². The molecule has 5 fully saturated rings. The number of benzene rings is 7. The minimum absolute atomic E-state index is 0.0116. The summed E-state index contributed by atoms with van der Waals surface area (Å²) in [5, 5.41) is 37.6. The minimum atomic E-state index is -0.594. The van der Waals surface area contributed by atoms with Crippen molar-refractivity contribution in [1.29, 1.82) is 0 Å². The third-order valence-corrected chi connectivity index (χ3v) is 24.3. The molecule has 39 nitrogen and oxygen atoms in total. The lowest BCUT2D eigenvalue weighted by molar-refractivity contribution is -0.385. The van der Waals surface area contributed by atoms with Crippen LogP contribution < -0.4 is 78.1 Å². The Hall–Kier alpha value is -12.0. The number of Topliss-reactive ketones (excluding diaryl/α,β-unsaturated/α-hetero) is 5. The maximum atomic E-state index is 11.9. The fraction of sp³-hybridized carbons (Fsp3) is 0.509. The van der Waals surface area contributed by atoms with E-state index in [-0.39, 0.29) is 74.1 Å². The van der Waals surface area contributed by atoms with E-state index in [2.05, 4.69) is 57.7 Å². The summed E-state index contributed by atoms with van der Waals surface area (Å²) in [5.41, 5.74) is 8.95. The lowest BCUT2D eigenvalue weighted by Gasteiger charge is -2.26. The van der Waals surface area contributed by atoms with Gasteiger partial charge in [-0.25, -0.2) is 0 Å². The summed E-state index contributed by atoms with van der Waals surface area (Å²) in [6.45, 7) is 36.3. The highest BCUT2D eigenvalue weighted by molar-refractivity contribution is 9.09. The first-order valence-electron chi connectivity index (χ1n) is 49.9. The first-order valence-corrected chi connectivity index (χ1v) is 52.0. The second kappa shape index (κ2) is 72.4. The molecule has 9 aromatic rings. The minimum Gasteiger partial charge on any atom is -0.504 e. The fourth-order valence-electron chi connectivity index (χ4n) is 14.8. The third-order valence-electron chi connectivity index (χ3n) is 23.1. The number of nitrogen functional groups attached to an aromatic ring is 1. The molecule has 42 heteroatoms. The lowest BCUT2D eigenvalue weighted by Crippen LogP contribution is -2.37. The van der Waals surface area contributed by atoms with Crippen LogP contribution in [0.3, 0.4) is 0 Å². The zero-order chi connectivity index (χ0) is 109. The zero-order valence-corrected chi connectivity index (χ0v) is 91.9. The van der Waals surface area contributed by atoms with E-state index in [0.717, 1.165) is 243 Å². The van der Waals surface area contributed by atoms with E-state index >= 15 is 0 Å². The molecule has 7 aromatic carbocycles. The number of rotatable bonds is 44. The lowest BCUT2D eigenvalue weighted by atomic mass is 10.1. The number of carbonyl (C=O) groups is 5. The first-order chi connectivity index (χ1) is 72.4. The standard InChI is InChI=1S/C17H21ClN2O3.C17H22N2O4.C16H22N2O6.C16H24N2O4.C13H17NO5.C13H18O3.C9H10O3.C4H9NO.C3H6BrCl/c1-21-16-11-13-14(18)3-4-19-15(13)12-17(16)23-8-2-5-20-6-9-22-10-7-20;1-21-16-11-13-14(18-4-3-15(13)20)12-17(16)23-8-2-5-19-6-9-22-10-7-19;1-12(19)13-10-15(22-2)16(11-14(13)18(20)21)24-7-3-4-17-5-8-23-9-6-17;1-12(19)13-10-15(20-2)16(11-14(13)17)22-7-3-4-18-5-8-21-9-6-18;1-4-5-6-19-13-8-11(14(16)17)10(9(2)15)7-12(13)18-3;1-4-5-8-16-12-7-6-11(10(2)14)9-13(12)15-3;1-6(10)7-3-4-8(11)9(5-7)12-2;1-3-6-4-2-5-1;4-2-1-3-5/h3-4,11-12H,2,5-10H2,1H3;3-4,11-12H,2,5-10H2,1H3,(H,18,20);10-11H,3-9H2,1-2H3;10-11H,3-9,17H2,1-2H3;7-8H,4-6H2,1-3H3;6-7,9H,4-5,8H2,1-3H3;3-5,11H,1-2H3;5H,1-4H2;1-3H2. The highest BCUT2D eigenvalue weighted by Gasteiger charge is 2.27. The van der Waals surface area contributed by atoms with Gasteiger partial charge in [-0.1, -0.05) is 54.2 Å². The monoisotopic (exact) mass is 2200 g/mol. The number of ether oxygens (including phenoxy) is 18. The number of aromatic amines is 1. The highest BCUT2D eigenvalue weighted by Crippen LogP contribution is 2.40. The van der Waals surface area contributed by atoms with Crippen LogP contribution in [0.4, 0.5) is 17.1 Å². The number of morpholine rings is 5. The number of aromatic hydroxyl groups is 1. The number of unbranched alkanes of at least 4 members (excludes halogenated alkanes) is 2. The van der Waals surface area contributed by atoms with Crippen molar-refractivity contribution >= 4 is 107 Å². The Morgan fingerprint density at radius 2 is 0.767 bits per heavy atom. The maximum absolute atomic E-state index is 11.9. The van der Waals surface area contributed by atoms with Crippen LogP contribution in [0.15, 0.2) is 126 Å². The SMILES string of the molecule is C1COCCN1.CCCCOc1cc([N+](=O)[O-])c(C(C)=O)cc1OC.CCCCOc1ccc(C(C)=O)cc1OC.COc1cc(C(C)=O)c(N)cc1OCCCN1CCOCC1.COc1cc(C(C)=O)c([N+](=O)[O-])cc1OCCCN1CCOCC1.COc1cc(C(C)=O)ccc1O.COc1cc2c(=O)cc[nH]c2cc1OCCCN1CCOCC1.COc1cc2c(Cl)ccnc2cc1OCCCN1CCOCC1.ClCCCBr. The van der Waals surface area contributed by atoms with Crippen molar-refractivity contribution in [3.63, 3.8) is 0 Å². The number of pyridine rings is 2. The van der Waals surface area contributed by atoms with Crippen LogP contribution in [-0.2, 0) is 23.7 Å². The van der Waals surface area contributed by atoms with Crippen molar-refractivity contribution in [2.45, 2.75) is 106 Å². The fourth-order valence-corrected chi connectivity index (χ4v) is 15.8. The van der Waals surface area contributed by atoms with Gasteiger partial charge < -0.3 is 106 Å². The van der Waals surface area contributed by atoms with Gasteiger partial charge in [0, 0.05) is 185 Å². The number of alkyl halides is 2. The van der Waals surface area contributed by atoms with Gasteiger partial charge in [0.15, 0.2) is 115 Å². The van der Waals surface area contributed by atoms with Crippen LogP contribution in [0, 0.1) is 20.2 Å². The molecule has 0 amide bonds. The van der Waals surface area contributed by atoms with Gasteiger partial charge in [0.05, 0.1) is 205 Å². The van der Waals surface area contributed by atoms with Gasteiger partial charge in [0.2, 0.25) is 0 Å². The van der Waals surface area contributed by atoms with Gasteiger partial charge in [0.1, 0.15) is 0 Å². The molecule has 826 valence electrons. The van der Waals surface area contributed by atoms with Crippen molar-refractivity contribution in [2.24, 2.45) is 0 Å². The number of nitrogens with zero attached hydrogens (tertiary/aromatic N) is 7. The summed E-state index contributed by atoms with van der Waals surface area (Å²) in [6.07, 6.45) is 11.9. The molecule has 2 aromatic heterocycles. The molecule has 5 saturated heterocycles. The number of methoxy groups -OCH3 is 7. The number of phenols is 1. The number of hydrogen-bond donors (Lipinski definition) is 4. The number of carbonyl (C=O) groups excluding carboxylic acids is 5. The predicted octanol–water partition coefficient (Wildman–Crippen LogP) is 17.4. The average Bonchev–Trinajstić information content (AvgIpc) is 0.804. The van der Waals surface area contributed by atoms with Gasteiger partial charge in [-0.2, -0.15) is 0 Å². The molecule has 7 heterocycles. The summed E-state index contributed by atoms with van der Waals surface area (Å²) in [6, 6.07) is 28.8. The van der Waals surface area contributed by atoms with Crippen LogP contribution in [0.1, 0.15) is 158 Å². The number of anilines is 1. The van der Waals surface area contributed by atoms with Crippen LogP contribution in [0.25, 0.3) is 21.8 Å². The van der Waals surface area contributed by atoms with Gasteiger partial charge in [0.25, 0.3) is 11.4 Å². The molecule has 0 aliphatic carbocycles. The van der Waals surface area contributed by atoms with E-state index in [0.29, 0.717) is 136 Å². The van der Waals surface area contributed by atoms with Crippen molar-refractivity contribution < 1.29 is 124 Å². The number of nitro groups is 2. The van der Waals surface area contributed by atoms with Crippen molar-refractivity contribution in [2.75, 3.05) is 264 Å². The van der Waals surface area contributed by atoms with Gasteiger partial charge in [-0.05, 0) is 140 Å². The summed E-state index contributed by atoms with van der Waals surface area (Å²) < 4.78 is 96.9. The van der Waals surface area contributed by atoms with Crippen molar-refractivity contribution in [3.05, 3.63) is 185 Å². The number of phenolic OH excluding ortho intramolecular Hbond substituents is 1. The normalized spacial score (nSPS) is 13.8. The van der Waals surface area contributed by atoms with Crippen LogP contribution in [0.2, 0.25) is 5.02 Å². The molecule has 0 atom stereocenters. The van der Waals surface area contributed by atoms with E-state index in [1.54, 1.807) is 89.4 Å². The Labute approximate surface area is 896 Å². The molecule has 5 aliphatic rings. The molecule has 5 aliphatic heterocycles. The molecule has 150 heavy (non-hydrogen) atoms. The molecule has 5 N–H and O–H groups in total. The van der Waals surface area contributed by atoms with Crippen molar-refractivity contribution in [3.8, 4) is 80.5 Å². The highest BCUT2D eigenvalue weighted by atomic mass is 79.9. The smallest absolute Gasteiger partial charge is 0.284 e. The molecular formula is C108H149BrCl2N10O29.